The Balaban J connectivity index is 2.10. The van der Waals surface area contributed by atoms with Crippen LogP contribution in [0.25, 0.3) is 0 Å². The number of hydrogen-bond acceptors (Lipinski definition) is 3. The number of halogens is 2. The SMILES string of the molecule is CC(N)c1ccc(OCc2ccc(C#N)cc2F)cc1F. The van der Waals surface area contributed by atoms with Crippen molar-refractivity contribution in [2.24, 2.45) is 5.73 Å². The number of nitrogens with two attached hydrogens (primary N) is 1. The molecule has 0 amide bonds. The summed E-state index contributed by atoms with van der Waals surface area (Å²) in [7, 11) is 0. The topological polar surface area (TPSA) is 59.0 Å². The summed E-state index contributed by atoms with van der Waals surface area (Å²) < 4.78 is 32.8. The summed E-state index contributed by atoms with van der Waals surface area (Å²) in [6.07, 6.45) is 0. The molecule has 2 aromatic carbocycles. The number of benzene rings is 2. The van der Waals surface area contributed by atoms with Gasteiger partial charge in [-0.2, -0.15) is 5.26 Å². The van der Waals surface area contributed by atoms with Gasteiger partial charge in [0, 0.05) is 23.2 Å². The van der Waals surface area contributed by atoms with Crippen molar-refractivity contribution in [3.05, 3.63) is 64.7 Å². The number of nitriles is 1. The van der Waals surface area contributed by atoms with Crippen LogP contribution in [-0.4, -0.2) is 0 Å². The van der Waals surface area contributed by atoms with Crippen molar-refractivity contribution < 1.29 is 13.5 Å². The molecule has 0 bridgehead atoms. The Bertz CT molecular complexity index is 693. The minimum Gasteiger partial charge on any atom is -0.489 e. The van der Waals surface area contributed by atoms with Gasteiger partial charge in [-0.1, -0.05) is 12.1 Å². The van der Waals surface area contributed by atoms with Crippen LogP contribution < -0.4 is 10.5 Å². The minimum atomic E-state index is -0.526. The first-order chi connectivity index (χ1) is 10.0. The number of ether oxygens (including phenoxy) is 1. The van der Waals surface area contributed by atoms with Gasteiger partial charge in [-0.15, -0.1) is 0 Å². The van der Waals surface area contributed by atoms with E-state index in [-0.39, 0.29) is 12.2 Å². The lowest BCUT2D eigenvalue weighted by molar-refractivity contribution is 0.298. The van der Waals surface area contributed by atoms with E-state index in [9.17, 15) is 8.78 Å². The third kappa shape index (κ3) is 3.56. The van der Waals surface area contributed by atoms with E-state index in [0.29, 0.717) is 16.9 Å². The van der Waals surface area contributed by atoms with Crippen molar-refractivity contribution in [1.82, 2.24) is 0 Å². The Labute approximate surface area is 121 Å². The zero-order chi connectivity index (χ0) is 15.4. The van der Waals surface area contributed by atoms with Crippen LogP contribution in [0.1, 0.15) is 29.7 Å². The standard InChI is InChI=1S/C16H14F2N2O/c1-10(20)14-5-4-13(7-16(14)18)21-9-12-3-2-11(8-19)6-15(12)17/h2-7,10H,9,20H2,1H3. The third-order valence-electron chi connectivity index (χ3n) is 3.04. The van der Waals surface area contributed by atoms with E-state index < -0.39 is 17.7 Å². The Morgan fingerprint density at radius 2 is 1.95 bits per heavy atom. The molecule has 1 unspecified atom stereocenters. The van der Waals surface area contributed by atoms with Crippen molar-refractivity contribution >= 4 is 0 Å². The van der Waals surface area contributed by atoms with E-state index in [1.165, 1.54) is 18.2 Å². The molecule has 108 valence electrons. The molecule has 2 aromatic rings. The molecule has 0 radical (unpaired) electrons. The minimum absolute atomic E-state index is 0.0471. The second kappa shape index (κ2) is 6.33. The predicted molar refractivity (Wildman–Crippen MR) is 74.4 cm³/mol. The zero-order valence-corrected chi connectivity index (χ0v) is 11.4. The monoisotopic (exact) mass is 288 g/mol. The van der Waals surface area contributed by atoms with E-state index >= 15 is 0 Å². The van der Waals surface area contributed by atoms with Crippen LogP contribution in [0.5, 0.6) is 5.75 Å². The summed E-state index contributed by atoms with van der Waals surface area (Å²) >= 11 is 0. The summed E-state index contributed by atoms with van der Waals surface area (Å²) in [5.74, 6) is -0.690. The van der Waals surface area contributed by atoms with Crippen molar-refractivity contribution in [3.8, 4) is 11.8 Å². The fraction of sp³-hybridized carbons (Fsp3) is 0.188. The quantitative estimate of drug-likeness (QED) is 0.937. The van der Waals surface area contributed by atoms with Crippen molar-refractivity contribution in [2.75, 3.05) is 0 Å². The molecule has 3 nitrogen and oxygen atoms in total. The second-order valence-electron chi connectivity index (χ2n) is 4.68. The summed E-state index contributed by atoms with van der Waals surface area (Å²) in [5.41, 5.74) is 6.55. The molecule has 0 heterocycles. The number of rotatable bonds is 4. The van der Waals surface area contributed by atoms with E-state index in [1.54, 1.807) is 19.1 Å². The fourth-order valence-electron chi connectivity index (χ4n) is 1.86. The van der Waals surface area contributed by atoms with Crippen LogP contribution in [0, 0.1) is 23.0 Å². The molecular weight excluding hydrogens is 274 g/mol. The molecule has 2 N–H and O–H groups in total. The molecule has 2 rings (SSSR count). The van der Waals surface area contributed by atoms with Crippen LogP contribution in [0.2, 0.25) is 0 Å². The highest BCUT2D eigenvalue weighted by molar-refractivity contribution is 5.34. The van der Waals surface area contributed by atoms with Crippen LogP contribution in [0.15, 0.2) is 36.4 Å². The Morgan fingerprint density at radius 1 is 1.19 bits per heavy atom. The average molecular weight is 288 g/mol. The van der Waals surface area contributed by atoms with E-state index in [0.717, 1.165) is 6.07 Å². The molecule has 0 spiro atoms. The van der Waals surface area contributed by atoms with Gasteiger partial charge in [-0.05, 0) is 25.1 Å². The summed E-state index contributed by atoms with van der Waals surface area (Å²) in [4.78, 5) is 0. The molecule has 0 aliphatic carbocycles. The Kier molecular flexibility index (Phi) is 4.51. The molecular formula is C16H14F2N2O. The lowest BCUT2D eigenvalue weighted by atomic mass is 10.1. The van der Waals surface area contributed by atoms with E-state index in [4.69, 9.17) is 15.7 Å². The number of hydrogen-bond donors (Lipinski definition) is 1. The maximum atomic E-state index is 13.7. The molecule has 0 fully saturated rings. The lowest BCUT2D eigenvalue weighted by Gasteiger charge is -2.11. The van der Waals surface area contributed by atoms with Gasteiger partial charge in [0.05, 0.1) is 11.6 Å². The smallest absolute Gasteiger partial charge is 0.131 e. The number of nitrogens with zero attached hydrogens (tertiary/aromatic N) is 1. The van der Waals surface area contributed by atoms with E-state index in [1.807, 2.05) is 6.07 Å². The highest BCUT2D eigenvalue weighted by Gasteiger charge is 2.09. The van der Waals surface area contributed by atoms with Crippen molar-refractivity contribution in [1.29, 1.82) is 5.26 Å². The first-order valence-electron chi connectivity index (χ1n) is 6.37. The first kappa shape index (κ1) is 14.9. The molecule has 0 aliphatic rings. The maximum absolute atomic E-state index is 13.7. The molecule has 21 heavy (non-hydrogen) atoms. The summed E-state index contributed by atoms with van der Waals surface area (Å²) in [6.45, 7) is 1.64. The maximum Gasteiger partial charge on any atom is 0.131 e. The van der Waals surface area contributed by atoms with E-state index in [2.05, 4.69) is 0 Å². The van der Waals surface area contributed by atoms with Crippen LogP contribution in [0.3, 0.4) is 0 Å². The van der Waals surface area contributed by atoms with Gasteiger partial charge in [0.2, 0.25) is 0 Å². The normalized spacial score (nSPS) is 11.8. The Hall–Kier alpha value is -2.45. The van der Waals surface area contributed by atoms with Gasteiger partial charge in [-0.3, -0.25) is 0 Å². The highest BCUT2D eigenvalue weighted by atomic mass is 19.1. The molecule has 0 saturated carbocycles. The van der Waals surface area contributed by atoms with Gasteiger partial charge < -0.3 is 10.5 Å². The first-order valence-corrected chi connectivity index (χ1v) is 6.37. The van der Waals surface area contributed by atoms with Gasteiger partial charge in [0.25, 0.3) is 0 Å². The predicted octanol–water partition coefficient (Wildman–Crippen LogP) is 3.44. The van der Waals surface area contributed by atoms with Gasteiger partial charge in [0.1, 0.15) is 24.0 Å². The molecule has 0 aromatic heterocycles. The van der Waals surface area contributed by atoms with Gasteiger partial charge >= 0.3 is 0 Å². The lowest BCUT2D eigenvalue weighted by Crippen LogP contribution is -2.07. The van der Waals surface area contributed by atoms with Crippen LogP contribution in [0.4, 0.5) is 8.78 Å². The van der Waals surface area contributed by atoms with Crippen LogP contribution in [-0.2, 0) is 6.61 Å². The van der Waals surface area contributed by atoms with Crippen LogP contribution >= 0.6 is 0 Å². The van der Waals surface area contributed by atoms with Crippen molar-refractivity contribution in [2.45, 2.75) is 19.6 Å². The molecule has 0 aliphatic heterocycles. The molecule has 5 heteroatoms. The second-order valence-corrected chi connectivity index (χ2v) is 4.68. The third-order valence-corrected chi connectivity index (χ3v) is 3.04. The van der Waals surface area contributed by atoms with Gasteiger partial charge in [0.15, 0.2) is 0 Å². The summed E-state index contributed by atoms with van der Waals surface area (Å²) in [5, 5.41) is 8.66. The fourth-order valence-corrected chi connectivity index (χ4v) is 1.86. The Morgan fingerprint density at radius 3 is 2.52 bits per heavy atom. The average Bonchev–Trinajstić information content (AvgIpc) is 2.45. The molecule has 0 saturated heterocycles. The van der Waals surface area contributed by atoms with Gasteiger partial charge in [-0.25, -0.2) is 8.78 Å². The summed E-state index contributed by atoms with van der Waals surface area (Å²) in [6, 6.07) is 9.91. The zero-order valence-electron chi connectivity index (χ0n) is 11.4. The largest absolute Gasteiger partial charge is 0.489 e. The highest BCUT2D eigenvalue weighted by Crippen LogP contribution is 2.22. The molecule has 1 atom stereocenters. The van der Waals surface area contributed by atoms with Crippen molar-refractivity contribution in [3.63, 3.8) is 0 Å².